The van der Waals surface area contributed by atoms with Gasteiger partial charge in [0.1, 0.15) is 5.75 Å². The number of benzene rings is 1. The van der Waals surface area contributed by atoms with E-state index in [4.69, 9.17) is 10.5 Å². The zero-order valence-electron chi connectivity index (χ0n) is 10.4. The van der Waals surface area contributed by atoms with Gasteiger partial charge in [0.05, 0.1) is 12.7 Å². The molecule has 0 spiro atoms. The number of rotatable bonds is 5. The van der Waals surface area contributed by atoms with Crippen molar-refractivity contribution >= 4 is 11.6 Å². The number of alkyl halides is 3. The van der Waals surface area contributed by atoms with Gasteiger partial charge in [-0.15, -0.1) is 0 Å². The molecule has 0 aliphatic carbocycles. The molecule has 0 saturated carbocycles. The predicted octanol–water partition coefficient (Wildman–Crippen LogP) is 2.35. The maximum atomic E-state index is 11.9. The molecule has 0 aromatic heterocycles. The van der Waals surface area contributed by atoms with E-state index in [0.717, 1.165) is 0 Å². The summed E-state index contributed by atoms with van der Waals surface area (Å²) in [6, 6.07) is 4.51. The zero-order chi connectivity index (χ0) is 14.5. The number of hydrogen-bond acceptors (Lipinski definition) is 3. The largest absolute Gasteiger partial charge is 0.496 e. The third kappa shape index (κ3) is 5.07. The van der Waals surface area contributed by atoms with E-state index in [0.29, 0.717) is 11.4 Å². The van der Waals surface area contributed by atoms with E-state index in [2.05, 4.69) is 5.32 Å². The highest BCUT2D eigenvalue weighted by atomic mass is 19.4. The number of amides is 1. The first kappa shape index (κ1) is 15.1. The summed E-state index contributed by atoms with van der Waals surface area (Å²) >= 11 is 0. The van der Waals surface area contributed by atoms with Crippen LogP contribution in [0.25, 0.3) is 0 Å². The SMILES string of the molecule is COc1ccc(N)cc1C(=O)NCCCC(F)(F)F. The molecule has 106 valence electrons. The molecule has 0 aliphatic rings. The molecule has 1 amide bonds. The second-order valence-electron chi connectivity index (χ2n) is 3.93. The highest BCUT2D eigenvalue weighted by Crippen LogP contribution is 2.22. The molecule has 7 heteroatoms. The number of nitrogens with two attached hydrogens (primary N) is 1. The minimum atomic E-state index is -4.21. The number of carbonyl (C=O) groups excluding carboxylic acids is 1. The van der Waals surface area contributed by atoms with Gasteiger partial charge in [-0.3, -0.25) is 4.79 Å². The molecule has 1 aromatic carbocycles. The second-order valence-corrected chi connectivity index (χ2v) is 3.93. The number of halogens is 3. The molecular weight excluding hydrogens is 261 g/mol. The van der Waals surface area contributed by atoms with E-state index in [1.807, 2.05) is 0 Å². The Hall–Kier alpha value is -1.92. The first-order valence-electron chi connectivity index (χ1n) is 5.62. The van der Waals surface area contributed by atoms with Crippen molar-refractivity contribution in [3.05, 3.63) is 23.8 Å². The van der Waals surface area contributed by atoms with Crippen LogP contribution in [0.3, 0.4) is 0 Å². The van der Waals surface area contributed by atoms with Crippen molar-refractivity contribution in [2.45, 2.75) is 19.0 Å². The average molecular weight is 276 g/mol. The second kappa shape index (κ2) is 6.31. The van der Waals surface area contributed by atoms with Gasteiger partial charge in [0.25, 0.3) is 5.91 Å². The summed E-state index contributed by atoms with van der Waals surface area (Å²) in [5, 5.41) is 2.40. The van der Waals surface area contributed by atoms with Gasteiger partial charge in [-0.2, -0.15) is 13.2 Å². The highest BCUT2D eigenvalue weighted by Gasteiger charge is 2.26. The molecule has 0 bridgehead atoms. The molecule has 0 fully saturated rings. The Morgan fingerprint density at radius 1 is 1.42 bits per heavy atom. The Morgan fingerprint density at radius 2 is 2.11 bits per heavy atom. The molecule has 4 nitrogen and oxygen atoms in total. The number of carbonyl (C=O) groups is 1. The summed E-state index contributed by atoms with van der Waals surface area (Å²) < 4.78 is 40.8. The molecule has 0 unspecified atom stereocenters. The monoisotopic (exact) mass is 276 g/mol. The fourth-order valence-corrected chi connectivity index (χ4v) is 1.49. The molecule has 3 N–H and O–H groups in total. The number of methoxy groups -OCH3 is 1. The topological polar surface area (TPSA) is 64.3 Å². The molecule has 1 aromatic rings. The number of hydrogen-bond donors (Lipinski definition) is 2. The normalized spacial score (nSPS) is 11.2. The fourth-order valence-electron chi connectivity index (χ4n) is 1.49. The summed E-state index contributed by atoms with van der Waals surface area (Å²) in [7, 11) is 1.39. The lowest BCUT2D eigenvalue weighted by Crippen LogP contribution is -2.26. The Morgan fingerprint density at radius 3 is 2.68 bits per heavy atom. The fraction of sp³-hybridized carbons (Fsp3) is 0.417. The van der Waals surface area contributed by atoms with Crippen LogP contribution in [-0.2, 0) is 0 Å². The van der Waals surface area contributed by atoms with Gasteiger partial charge in [-0.05, 0) is 24.6 Å². The molecule has 0 heterocycles. The Balaban J connectivity index is 2.56. The lowest BCUT2D eigenvalue weighted by atomic mass is 10.1. The standard InChI is InChI=1S/C12H15F3N2O2/c1-19-10-4-3-8(16)7-9(10)11(18)17-6-2-5-12(13,14)15/h3-4,7H,2,5-6,16H2,1H3,(H,17,18). The molecule has 0 saturated heterocycles. The van der Waals surface area contributed by atoms with Crippen LogP contribution in [0.4, 0.5) is 18.9 Å². The first-order chi connectivity index (χ1) is 8.83. The highest BCUT2D eigenvalue weighted by molar-refractivity contribution is 5.97. The maximum Gasteiger partial charge on any atom is 0.389 e. The quantitative estimate of drug-likeness (QED) is 0.641. The Labute approximate surface area is 108 Å². The number of anilines is 1. The zero-order valence-corrected chi connectivity index (χ0v) is 10.4. The third-order valence-electron chi connectivity index (χ3n) is 2.39. The van der Waals surface area contributed by atoms with Crippen molar-refractivity contribution in [2.75, 3.05) is 19.4 Å². The minimum absolute atomic E-state index is 0.0592. The van der Waals surface area contributed by atoms with Crippen LogP contribution in [0.15, 0.2) is 18.2 Å². The van der Waals surface area contributed by atoms with Crippen molar-refractivity contribution in [2.24, 2.45) is 0 Å². The molecule has 1 rings (SSSR count). The lowest BCUT2D eigenvalue weighted by Gasteiger charge is -2.10. The van der Waals surface area contributed by atoms with E-state index in [1.165, 1.54) is 19.2 Å². The number of nitrogen functional groups attached to an aromatic ring is 1. The van der Waals surface area contributed by atoms with Crippen LogP contribution in [0.5, 0.6) is 5.75 Å². The summed E-state index contributed by atoms with van der Waals surface area (Å²) in [6.07, 6.45) is -5.30. The van der Waals surface area contributed by atoms with Crippen molar-refractivity contribution in [3.8, 4) is 5.75 Å². The summed E-state index contributed by atoms with van der Waals surface area (Å²) in [6.45, 7) is -0.0592. The summed E-state index contributed by atoms with van der Waals surface area (Å²) in [5.74, 6) is -0.186. The smallest absolute Gasteiger partial charge is 0.389 e. The predicted molar refractivity (Wildman–Crippen MR) is 65.0 cm³/mol. The van der Waals surface area contributed by atoms with Crippen molar-refractivity contribution < 1.29 is 22.7 Å². The van der Waals surface area contributed by atoms with E-state index >= 15 is 0 Å². The van der Waals surface area contributed by atoms with Crippen molar-refractivity contribution in [3.63, 3.8) is 0 Å². The van der Waals surface area contributed by atoms with Gasteiger partial charge < -0.3 is 15.8 Å². The van der Waals surface area contributed by atoms with Crippen LogP contribution in [0, 0.1) is 0 Å². The van der Waals surface area contributed by atoms with Gasteiger partial charge in [0.15, 0.2) is 0 Å². The van der Waals surface area contributed by atoms with Gasteiger partial charge in [0, 0.05) is 18.7 Å². The maximum absolute atomic E-state index is 11.9. The molecule has 0 atom stereocenters. The van der Waals surface area contributed by atoms with Crippen molar-refractivity contribution in [1.82, 2.24) is 5.32 Å². The van der Waals surface area contributed by atoms with E-state index in [-0.39, 0.29) is 18.5 Å². The Bertz CT molecular complexity index is 447. The van der Waals surface area contributed by atoms with E-state index in [1.54, 1.807) is 6.07 Å². The summed E-state index contributed by atoms with van der Waals surface area (Å²) in [5.41, 5.74) is 6.13. The van der Waals surface area contributed by atoms with Gasteiger partial charge in [0.2, 0.25) is 0 Å². The Kier molecular flexibility index (Phi) is 5.02. The van der Waals surface area contributed by atoms with E-state index < -0.39 is 18.5 Å². The summed E-state index contributed by atoms with van der Waals surface area (Å²) in [4.78, 5) is 11.8. The van der Waals surface area contributed by atoms with Crippen LogP contribution in [0.2, 0.25) is 0 Å². The average Bonchev–Trinajstić information content (AvgIpc) is 2.33. The van der Waals surface area contributed by atoms with Gasteiger partial charge >= 0.3 is 6.18 Å². The number of ether oxygens (including phenoxy) is 1. The van der Waals surface area contributed by atoms with Crippen LogP contribution in [-0.4, -0.2) is 25.7 Å². The molecule has 0 aliphatic heterocycles. The first-order valence-corrected chi connectivity index (χ1v) is 5.62. The van der Waals surface area contributed by atoms with Crippen LogP contribution in [0.1, 0.15) is 23.2 Å². The van der Waals surface area contributed by atoms with Gasteiger partial charge in [-0.1, -0.05) is 0 Å². The molecule has 0 radical (unpaired) electrons. The molecular formula is C12H15F3N2O2. The van der Waals surface area contributed by atoms with E-state index in [9.17, 15) is 18.0 Å². The minimum Gasteiger partial charge on any atom is -0.496 e. The number of nitrogens with one attached hydrogen (secondary N) is 1. The van der Waals surface area contributed by atoms with Crippen molar-refractivity contribution in [1.29, 1.82) is 0 Å². The van der Waals surface area contributed by atoms with Gasteiger partial charge in [-0.25, -0.2) is 0 Å². The van der Waals surface area contributed by atoms with Crippen LogP contribution >= 0.6 is 0 Å². The third-order valence-corrected chi connectivity index (χ3v) is 2.39. The lowest BCUT2D eigenvalue weighted by molar-refractivity contribution is -0.135. The van der Waals surface area contributed by atoms with Crippen LogP contribution < -0.4 is 15.8 Å². The molecule has 19 heavy (non-hydrogen) atoms.